The van der Waals surface area contributed by atoms with Gasteiger partial charge in [-0.25, -0.2) is 9.78 Å². The molecule has 8 heteroatoms. The summed E-state index contributed by atoms with van der Waals surface area (Å²) in [7, 11) is 0. The summed E-state index contributed by atoms with van der Waals surface area (Å²) >= 11 is 1.50. The number of carbonyl (C=O) groups excluding carboxylic acids is 2. The van der Waals surface area contributed by atoms with Gasteiger partial charge in [-0.1, -0.05) is 43.2 Å². The second-order valence-corrected chi connectivity index (χ2v) is 9.01. The highest BCUT2D eigenvalue weighted by atomic mass is 32.2. The van der Waals surface area contributed by atoms with Crippen LogP contribution >= 0.6 is 11.8 Å². The first-order chi connectivity index (χ1) is 14.7. The first-order valence-electron chi connectivity index (χ1n) is 11.1. The number of nitrogens with one attached hydrogen (secondary N) is 1. The van der Waals surface area contributed by atoms with Crippen molar-refractivity contribution in [2.24, 2.45) is 0 Å². The van der Waals surface area contributed by atoms with E-state index in [0.717, 1.165) is 35.6 Å². The molecule has 30 heavy (non-hydrogen) atoms. The molecule has 3 amide bonds. The van der Waals surface area contributed by atoms with E-state index >= 15 is 0 Å². The van der Waals surface area contributed by atoms with E-state index in [1.165, 1.54) is 31.0 Å². The van der Waals surface area contributed by atoms with Gasteiger partial charge in [0.2, 0.25) is 5.91 Å². The highest BCUT2D eigenvalue weighted by Crippen LogP contribution is 2.24. The number of aromatic nitrogens is 2. The van der Waals surface area contributed by atoms with Crippen LogP contribution < -0.4 is 5.32 Å². The van der Waals surface area contributed by atoms with E-state index < -0.39 is 0 Å². The van der Waals surface area contributed by atoms with E-state index in [2.05, 4.69) is 27.9 Å². The normalized spacial score (nSPS) is 18.0. The lowest BCUT2D eigenvalue weighted by Gasteiger charge is -2.36. The molecule has 7 nitrogen and oxygen atoms in total. The van der Waals surface area contributed by atoms with Gasteiger partial charge in [0, 0.05) is 38.8 Å². The third-order valence-corrected chi connectivity index (χ3v) is 7.07. The molecule has 0 spiro atoms. The van der Waals surface area contributed by atoms with Gasteiger partial charge in [-0.05, 0) is 31.9 Å². The number of thioether (sulfide) groups is 1. The number of aryl methyl sites for hydroxylation is 1. The van der Waals surface area contributed by atoms with Crippen molar-refractivity contribution in [1.29, 1.82) is 0 Å². The Balaban J connectivity index is 1.26. The van der Waals surface area contributed by atoms with Crippen molar-refractivity contribution in [3.63, 3.8) is 0 Å². The van der Waals surface area contributed by atoms with E-state index in [1.807, 2.05) is 28.0 Å². The molecule has 0 atom stereocenters. The second-order valence-electron chi connectivity index (χ2n) is 8.07. The number of rotatable bonds is 5. The fourth-order valence-corrected chi connectivity index (χ4v) is 5.34. The number of imidazole rings is 1. The van der Waals surface area contributed by atoms with Crippen LogP contribution in [-0.2, 0) is 11.3 Å². The van der Waals surface area contributed by atoms with Crippen LogP contribution in [0.5, 0.6) is 0 Å². The van der Waals surface area contributed by atoms with E-state index in [0.29, 0.717) is 38.0 Å². The largest absolute Gasteiger partial charge is 0.338 e. The fraction of sp³-hybridized carbons (Fsp3) is 0.591. The molecule has 2 aliphatic rings. The molecule has 1 saturated carbocycles. The number of piperazine rings is 1. The Hall–Kier alpha value is -2.22. The van der Waals surface area contributed by atoms with Crippen LogP contribution in [0, 0.1) is 0 Å². The molecule has 1 aliphatic heterocycles. The van der Waals surface area contributed by atoms with Crippen LogP contribution in [0.15, 0.2) is 29.4 Å². The van der Waals surface area contributed by atoms with Crippen molar-refractivity contribution in [1.82, 2.24) is 24.7 Å². The SMILES string of the molecule is CCn1c(SCC(=O)N2CCN(C(=O)NC3CCCCC3)CC2)nc2ccccc21. The van der Waals surface area contributed by atoms with Crippen LogP contribution in [0.4, 0.5) is 4.79 Å². The second kappa shape index (κ2) is 9.73. The molecular weight excluding hydrogens is 398 g/mol. The predicted octanol–water partition coefficient (Wildman–Crippen LogP) is 3.33. The first kappa shape index (κ1) is 21.0. The van der Waals surface area contributed by atoms with E-state index in [-0.39, 0.29) is 11.9 Å². The van der Waals surface area contributed by atoms with Gasteiger partial charge < -0.3 is 19.7 Å². The molecule has 2 aromatic rings. The van der Waals surface area contributed by atoms with Gasteiger partial charge in [-0.3, -0.25) is 4.79 Å². The van der Waals surface area contributed by atoms with Gasteiger partial charge in [0.1, 0.15) is 0 Å². The van der Waals surface area contributed by atoms with Crippen LogP contribution in [0.25, 0.3) is 11.0 Å². The summed E-state index contributed by atoms with van der Waals surface area (Å²) in [6.45, 7) is 5.32. The standard InChI is InChI=1S/C22H31N5O2S/c1-2-27-19-11-7-6-10-18(19)24-22(27)30-16-20(28)25-12-14-26(15-13-25)21(29)23-17-8-4-3-5-9-17/h6-7,10-11,17H,2-5,8-9,12-16H2,1H3,(H,23,29). The lowest BCUT2D eigenvalue weighted by molar-refractivity contribution is -0.129. The van der Waals surface area contributed by atoms with Crippen LogP contribution in [0.2, 0.25) is 0 Å². The maximum atomic E-state index is 12.7. The zero-order chi connectivity index (χ0) is 20.9. The summed E-state index contributed by atoms with van der Waals surface area (Å²) in [5.74, 6) is 0.486. The zero-order valence-electron chi connectivity index (χ0n) is 17.7. The Labute approximate surface area is 182 Å². The molecule has 1 aromatic carbocycles. The molecule has 162 valence electrons. The molecule has 4 rings (SSSR count). The molecule has 0 unspecified atom stereocenters. The van der Waals surface area contributed by atoms with Gasteiger partial charge in [0.15, 0.2) is 5.16 Å². The van der Waals surface area contributed by atoms with Crippen molar-refractivity contribution < 1.29 is 9.59 Å². The predicted molar refractivity (Wildman–Crippen MR) is 120 cm³/mol. The lowest BCUT2D eigenvalue weighted by Crippen LogP contribution is -2.55. The summed E-state index contributed by atoms with van der Waals surface area (Å²) in [6.07, 6.45) is 5.86. The number of hydrogen-bond acceptors (Lipinski definition) is 4. The van der Waals surface area contributed by atoms with E-state index in [9.17, 15) is 9.59 Å². The van der Waals surface area contributed by atoms with Crippen molar-refractivity contribution in [3.8, 4) is 0 Å². The molecule has 1 saturated heterocycles. The van der Waals surface area contributed by atoms with E-state index in [1.54, 1.807) is 0 Å². The third-order valence-electron chi connectivity index (χ3n) is 6.11. The number of urea groups is 1. The molecule has 2 fully saturated rings. The van der Waals surface area contributed by atoms with Gasteiger partial charge in [0.25, 0.3) is 0 Å². The van der Waals surface area contributed by atoms with Crippen molar-refractivity contribution >= 4 is 34.7 Å². The van der Waals surface area contributed by atoms with Gasteiger partial charge >= 0.3 is 6.03 Å². The van der Waals surface area contributed by atoms with Crippen molar-refractivity contribution in [2.45, 2.75) is 56.8 Å². The topological polar surface area (TPSA) is 70.5 Å². The molecule has 1 aliphatic carbocycles. The van der Waals surface area contributed by atoms with Crippen LogP contribution in [-0.4, -0.2) is 69.3 Å². The minimum absolute atomic E-state index is 0.0278. The third kappa shape index (κ3) is 4.74. The van der Waals surface area contributed by atoms with Crippen LogP contribution in [0.3, 0.4) is 0 Å². The Morgan fingerprint density at radius 2 is 1.77 bits per heavy atom. The number of fused-ring (bicyclic) bond motifs is 1. The molecular formula is C22H31N5O2S. The number of hydrogen-bond donors (Lipinski definition) is 1. The maximum absolute atomic E-state index is 12.7. The summed E-state index contributed by atoms with van der Waals surface area (Å²) in [5.41, 5.74) is 2.07. The van der Waals surface area contributed by atoms with Crippen molar-refractivity contribution in [3.05, 3.63) is 24.3 Å². The Kier molecular flexibility index (Phi) is 6.82. The number of para-hydroxylation sites is 2. The lowest BCUT2D eigenvalue weighted by atomic mass is 9.96. The minimum atomic E-state index is 0.0278. The molecule has 1 N–H and O–H groups in total. The molecule has 0 bridgehead atoms. The number of carbonyl (C=O) groups is 2. The average Bonchev–Trinajstić information content (AvgIpc) is 3.15. The average molecular weight is 430 g/mol. The maximum Gasteiger partial charge on any atom is 0.317 e. The molecule has 1 aromatic heterocycles. The summed E-state index contributed by atoms with van der Waals surface area (Å²) in [6, 6.07) is 8.42. The monoisotopic (exact) mass is 429 g/mol. The highest BCUT2D eigenvalue weighted by Gasteiger charge is 2.26. The fourth-order valence-electron chi connectivity index (χ4n) is 4.36. The van der Waals surface area contributed by atoms with Crippen LogP contribution in [0.1, 0.15) is 39.0 Å². The smallest absolute Gasteiger partial charge is 0.317 e. The number of nitrogens with zero attached hydrogens (tertiary/aromatic N) is 4. The Morgan fingerprint density at radius 3 is 2.50 bits per heavy atom. The summed E-state index contributed by atoms with van der Waals surface area (Å²) in [5, 5.41) is 4.06. The Morgan fingerprint density at radius 1 is 1.07 bits per heavy atom. The van der Waals surface area contributed by atoms with E-state index in [4.69, 9.17) is 0 Å². The van der Waals surface area contributed by atoms with Crippen molar-refractivity contribution in [2.75, 3.05) is 31.9 Å². The number of benzene rings is 1. The zero-order valence-corrected chi connectivity index (χ0v) is 18.5. The van der Waals surface area contributed by atoms with Gasteiger partial charge in [-0.15, -0.1) is 0 Å². The first-order valence-corrected chi connectivity index (χ1v) is 12.1. The highest BCUT2D eigenvalue weighted by molar-refractivity contribution is 7.99. The molecule has 2 heterocycles. The Bertz CT molecular complexity index is 885. The minimum Gasteiger partial charge on any atom is -0.338 e. The van der Waals surface area contributed by atoms with Gasteiger partial charge in [0.05, 0.1) is 16.8 Å². The quantitative estimate of drug-likeness (QED) is 0.740. The summed E-state index contributed by atoms with van der Waals surface area (Å²) in [4.78, 5) is 33.6. The number of amides is 3. The molecule has 0 radical (unpaired) electrons. The summed E-state index contributed by atoms with van der Waals surface area (Å²) < 4.78 is 2.15. The van der Waals surface area contributed by atoms with Gasteiger partial charge in [-0.2, -0.15) is 0 Å².